The highest BCUT2D eigenvalue weighted by Crippen LogP contribution is 2.18. The van der Waals surface area contributed by atoms with Crippen LogP contribution in [0.2, 0.25) is 0 Å². The third kappa shape index (κ3) is 2.18. The van der Waals surface area contributed by atoms with Crippen LogP contribution in [0.3, 0.4) is 0 Å². The van der Waals surface area contributed by atoms with Crippen molar-refractivity contribution in [1.29, 1.82) is 0 Å². The average Bonchev–Trinajstić information content (AvgIpc) is 2.73. The molecule has 2 heterocycles. The average molecular weight is 217 g/mol. The summed E-state index contributed by atoms with van der Waals surface area (Å²) in [6.07, 6.45) is 4.61. The number of rotatable bonds is 4. The zero-order valence-electron chi connectivity index (χ0n) is 9.51. The van der Waals surface area contributed by atoms with E-state index in [0.29, 0.717) is 0 Å². The molecule has 0 aliphatic carbocycles. The zero-order chi connectivity index (χ0) is 11.4. The topological polar surface area (TPSA) is 55.6 Å². The van der Waals surface area contributed by atoms with E-state index in [1.54, 1.807) is 17.1 Å². The Morgan fingerprint density at radius 3 is 3.00 bits per heavy atom. The first-order valence-electron chi connectivity index (χ1n) is 5.36. The highest BCUT2D eigenvalue weighted by molar-refractivity contribution is 5.59. The second-order valence-electron chi connectivity index (χ2n) is 3.60. The molecule has 0 unspecified atom stereocenters. The van der Waals surface area contributed by atoms with Crippen LogP contribution in [0.15, 0.2) is 24.5 Å². The fraction of sp³-hybridized carbons (Fsp3) is 0.364. The maximum absolute atomic E-state index is 4.31. The molecule has 0 aromatic carbocycles. The second kappa shape index (κ2) is 4.74. The summed E-state index contributed by atoms with van der Waals surface area (Å²) < 4.78 is 1.71. The van der Waals surface area contributed by atoms with Crippen molar-refractivity contribution in [2.45, 2.75) is 13.3 Å². The molecule has 16 heavy (non-hydrogen) atoms. The van der Waals surface area contributed by atoms with Crippen LogP contribution < -0.4 is 5.32 Å². The molecular weight excluding hydrogens is 202 g/mol. The van der Waals surface area contributed by atoms with E-state index in [1.807, 2.05) is 19.2 Å². The molecule has 0 radical (unpaired) electrons. The summed E-state index contributed by atoms with van der Waals surface area (Å²) in [6, 6.07) is 3.97. The highest BCUT2D eigenvalue weighted by atomic mass is 15.4. The molecule has 0 fully saturated rings. The van der Waals surface area contributed by atoms with Gasteiger partial charge in [-0.3, -0.25) is 4.98 Å². The van der Waals surface area contributed by atoms with Crippen LogP contribution in [-0.2, 0) is 7.05 Å². The lowest BCUT2D eigenvalue weighted by molar-refractivity contribution is 0.719. The van der Waals surface area contributed by atoms with E-state index in [1.165, 1.54) is 0 Å². The van der Waals surface area contributed by atoms with Gasteiger partial charge in [0.2, 0.25) is 0 Å². The molecule has 2 rings (SSSR count). The molecule has 2 aromatic rings. The van der Waals surface area contributed by atoms with E-state index in [2.05, 4.69) is 27.5 Å². The first-order chi connectivity index (χ1) is 7.81. The van der Waals surface area contributed by atoms with Crippen molar-refractivity contribution in [3.05, 3.63) is 24.5 Å². The van der Waals surface area contributed by atoms with Crippen LogP contribution in [0.1, 0.15) is 13.3 Å². The fourth-order valence-electron chi connectivity index (χ4n) is 1.47. The van der Waals surface area contributed by atoms with E-state index in [9.17, 15) is 0 Å². The van der Waals surface area contributed by atoms with Gasteiger partial charge >= 0.3 is 0 Å². The Morgan fingerprint density at radius 1 is 1.44 bits per heavy atom. The maximum Gasteiger partial charge on any atom is 0.107 e. The molecule has 0 atom stereocenters. The van der Waals surface area contributed by atoms with Gasteiger partial charge in [0.15, 0.2) is 0 Å². The predicted octanol–water partition coefficient (Wildman–Crippen LogP) is 1.70. The Labute approximate surface area is 94.5 Å². The number of nitrogens with zero attached hydrogens (tertiary/aromatic N) is 4. The summed E-state index contributed by atoms with van der Waals surface area (Å²) in [5, 5.41) is 11.1. The molecule has 2 aromatic heterocycles. The van der Waals surface area contributed by atoms with E-state index >= 15 is 0 Å². The molecule has 0 saturated heterocycles. The first kappa shape index (κ1) is 10.6. The molecule has 5 nitrogen and oxygen atoms in total. The van der Waals surface area contributed by atoms with Gasteiger partial charge in [-0.1, -0.05) is 12.1 Å². The zero-order valence-corrected chi connectivity index (χ0v) is 9.51. The number of hydrogen-bond acceptors (Lipinski definition) is 4. The Bertz CT molecular complexity index is 463. The number of nitrogens with one attached hydrogen (secondary N) is 1. The van der Waals surface area contributed by atoms with Crippen LogP contribution in [0.25, 0.3) is 11.4 Å². The summed E-state index contributed by atoms with van der Waals surface area (Å²) >= 11 is 0. The number of aromatic nitrogens is 4. The molecule has 0 bridgehead atoms. The van der Waals surface area contributed by atoms with Gasteiger partial charge in [0.05, 0.1) is 11.9 Å². The summed E-state index contributed by atoms with van der Waals surface area (Å²) in [5.74, 6) is 0. The molecule has 5 heteroatoms. The largest absolute Gasteiger partial charge is 0.385 e. The third-order valence-electron chi connectivity index (χ3n) is 2.32. The minimum absolute atomic E-state index is 0.883. The van der Waals surface area contributed by atoms with Crippen molar-refractivity contribution in [2.75, 3.05) is 11.9 Å². The van der Waals surface area contributed by atoms with Gasteiger partial charge in [0.25, 0.3) is 0 Å². The summed E-state index contributed by atoms with van der Waals surface area (Å²) in [5.41, 5.74) is 2.88. The van der Waals surface area contributed by atoms with E-state index in [-0.39, 0.29) is 0 Å². The van der Waals surface area contributed by atoms with E-state index in [0.717, 1.165) is 30.0 Å². The van der Waals surface area contributed by atoms with Crippen molar-refractivity contribution in [1.82, 2.24) is 20.0 Å². The van der Waals surface area contributed by atoms with E-state index in [4.69, 9.17) is 0 Å². The first-order valence-corrected chi connectivity index (χ1v) is 5.36. The molecule has 84 valence electrons. The standard InChI is InChI=1S/C11H15N5/c1-3-5-12-9-4-6-13-10(7-9)11-8-14-15-16(11)2/h4,6-8H,3,5H2,1-2H3,(H,12,13). The van der Waals surface area contributed by atoms with Crippen LogP contribution in [-0.4, -0.2) is 26.5 Å². The van der Waals surface area contributed by atoms with Crippen molar-refractivity contribution in [3.63, 3.8) is 0 Å². The van der Waals surface area contributed by atoms with Crippen molar-refractivity contribution >= 4 is 5.69 Å². The molecule has 1 N–H and O–H groups in total. The number of anilines is 1. The van der Waals surface area contributed by atoms with Gasteiger partial charge in [-0.2, -0.15) is 0 Å². The Kier molecular flexibility index (Phi) is 3.14. The van der Waals surface area contributed by atoms with Crippen LogP contribution in [0.5, 0.6) is 0 Å². The maximum atomic E-state index is 4.31. The summed E-state index contributed by atoms with van der Waals surface area (Å²) in [6.45, 7) is 3.10. The van der Waals surface area contributed by atoms with Gasteiger partial charge in [-0.05, 0) is 18.6 Å². The van der Waals surface area contributed by atoms with Crippen molar-refractivity contribution < 1.29 is 0 Å². The van der Waals surface area contributed by atoms with Crippen molar-refractivity contribution in [2.24, 2.45) is 7.05 Å². The van der Waals surface area contributed by atoms with Gasteiger partial charge in [0, 0.05) is 25.5 Å². The SMILES string of the molecule is CCCNc1ccnc(-c2cnnn2C)c1. The van der Waals surface area contributed by atoms with Gasteiger partial charge in [0.1, 0.15) is 5.69 Å². The Balaban J connectivity index is 2.26. The minimum Gasteiger partial charge on any atom is -0.385 e. The third-order valence-corrected chi connectivity index (χ3v) is 2.32. The van der Waals surface area contributed by atoms with Gasteiger partial charge < -0.3 is 5.32 Å². The minimum atomic E-state index is 0.883. The quantitative estimate of drug-likeness (QED) is 0.846. The normalized spacial score (nSPS) is 10.4. The lowest BCUT2D eigenvalue weighted by Gasteiger charge is -2.06. The molecule has 0 aliphatic rings. The molecule has 0 saturated carbocycles. The van der Waals surface area contributed by atoms with Crippen LogP contribution >= 0.6 is 0 Å². The van der Waals surface area contributed by atoms with Gasteiger partial charge in [-0.25, -0.2) is 4.68 Å². The Hall–Kier alpha value is -1.91. The number of pyridine rings is 1. The monoisotopic (exact) mass is 217 g/mol. The molecule has 0 amide bonds. The molecule has 0 spiro atoms. The number of aryl methyl sites for hydroxylation is 1. The van der Waals surface area contributed by atoms with E-state index < -0.39 is 0 Å². The molecule has 0 aliphatic heterocycles. The molecular formula is C11H15N5. The Morgan fingerprint density at radius 2 is 2.31 bits per heavy atom. The smallest absolute Gasteiger partial charge is 0.107 e. The fourth-order valence-corrected chi connectivity index (χ4v) is 1.47. The lowest BCUT2D eigenvalue weighted by atomic mass is 10.2. The van der Waals surface area contributed by atoms with Gasteiger partial charge in [-0.15, -0.1) is 5.10 Å². The number of hydrogen-bond donors (Lipinski definition) is 1. The van der Waals surface area contributed by atoms with Crippen LogP contribution in [0.4, 0.5) is 5.69 Å². The second-order valence-corrected chi connectivity index (χ2v) is 3.60. The van der Waals surface area contributed by atoms with Crippen LogP contribution in [0, 0.1) is 0 Å². The predicted molar refractivity (Wildman–Crippen MR) is 63.0 cm³/mol. The van der Waals surface area contributed by atoms with Crippen molar-refractivity contribution in [3.8, 4) is 11.4 Å². The summed E-state index contributed by atoms with van der Waals surface area (Å²) in [4.78, 5) is 4.31. The highest BCUT2D eigenvalue weighted by Gasteiger charge is 2.05. The lowest BCUT2D eigenvalue weighted by Crippen LogP contribution is -2.01. The summed E-state index contributed by atoms with van der Waals surface area (Å²) in [7, 11) is 1.86.